The minimum Gasteiger partial charge on any atom is -0.465 e. The van der Waals surface area contributed by atoms with Crippen molar-refractivity contribution in [2.75, 3.05) is 24.3 Å². The van der Waals surface area contributed by atoms with Gasteiger partial charge in [0, 0.05) is 16.8 Å². The van der Waals surface area contributed by atoms with Gasteiger partial charge in [-0.25, -0.2) is 9.78 Å². The Balaban J connectivity index is 0.000000273. The Morgan fingerprint density at radius 2 is 2.00 bits per heavy atom. The third-order valence-electron chi connectivity index (χ3n) is 3.87. The first-order valence-corrected chi connectivity index (χ1v) is 9.61. The van der Waals surface area contributed by atoms with E-state index in [0.717, 1.165) is 41.6 Å². The lowest BCUT2D eigenvalue weighted by atomic mass is 10.0. The lowest BCUT2D eigenvalue weighted by molar-refractivity contribution is -0.140. The third kappa shape index (κ3) is 6.67. The van der Waals surface area contributed by atoms with Gasteiger partial charge >= 0.3 is 12.3 Å². The van der Waals surface area contributed by atoms with Crippen LogP contribution >= 0.6 is 22.9 Å². The number of hydrogen-bond acceptors (Lipinski definition) is 4. The Kier molecular flexibility index (Phi) is 7.88. The molecule has 0 radical (unpaired) electrons. The van der Waals surface area contributed by atoms with Crippen LogP contribution < -0.4 is 10.6 Å². The third-order valence-corrected chi connectivity index (χ3v) is 5.18. The van der Waals surface area contributed by atoms with E-state index in [4.69, 9.17) is 16.7 Å². The quantitative estimate of drug-likeness (QED) is 0.599. The van der Waals surface area contributed by atoms with E-state index in [2.05, 4.69) is 15.6 Å². The number of amides is 1. The molecule has 1 aliphatic rings. The van der Waals surface area contributed by atoms with E-state index in [1.54, 1.807) is 12.1 Å². The second-order valence-electron chi connectivity index (χ2n) is 5.86. The number of nitrogens with zero attached hydrogens (tertiary/aromatic N) is 1. The van der Waals surface area contributed by atoms with Crippen molar-refractivity contribution in [3.05, 3.63) is 35.3 Å². The standard InChI is InChI=1S/C11H7F3N2O2S.C6H12ClN/c12-11(13,14)8-5-19-9(16-8)6-3-1-2-4-7(6)15-10(17)18;7-5-6-1-3-8-4-2-6/h1-5,15H,(H,17,18);6,8H,1-5H2. The number of benzene rings is 1. The van der Waals surface area contributed by atoms with Gasteiger partial charge in [0.1, 0.15) is 5.01 Å². The Hall–Kier alpha value is -1.84. The SMILES string of the molecule is ClCC1CCNCC1.O=C(O)Nc1ccccc1-c1nc(C(F)(F)F)cs1. The molecule has 3 N–H and O–H groups in total. The van der Waals surface area contributed by atoms with Crippen molar-refractivity contribution in [3.8, 4) is 10.6 Å². The van der Waals surface area contributed by atoms with Gasteiger partial charge in [0.15, 0.2) is 5.69 Å². The van der Waals surface area contributed by atoms with E-state index in [1.165, 1.54) is 25.0 Å². The number of para-hydroxylation sites is 1. The summed E-state index contributed by atoms with van der Waals surface area (Å²) >= 11 is 6.46. The summed E-state index contributed by atoms with van der Waals surface area (Å²) in [7, 11) is 0. The number of nitrogens with one attached hydrogen (secondary N) is 2. The molecule has 0 aliphatic carbocycles. The number of halogens is 4. The summed E-state index contributed by atoms with van der Waals surface area (Å²) in [5.74, 6) is 1.64. The molecule has 5 nitrogen and oxygen atoms in total. The molecular weight excluding hydrogens is 403 g/mol. The van der Waals surface area contributed by atoms with Crippen LogP contribution in [0.4, 0.5) is 23.7 Å². The predicted octanol–water partition coefficient (Wildman–Crippen LogP) is 5.14. The second kappa shape index (κ2) is 9.91. The fourth-order valence-corrected chi connectivity index (χ4v) is 3.63. The van der Waals surface area contributed by atoms with Gasteiger partial charge in [-0.3, -0.25) is 5.32 Å². The monoisotopic (exact) mass is 421 g/mol. The number of aromatic nitrogens is 1. The first-order chi connectivity index (χ1) is 12.8. The molecule has 1 aromatic carbocycles. The van der Waals surface area contributed by atoms with E-state index in [9.17, 15) is 18.0 Å². The normalized spacial score (nSPS) is 15.0. The maximum absolute atomic E-state index is 12.5. The van der Waals surface area contributed by atoms with Crippen LogP contribution in [0.1, 0.15) is 18.5 Å². The molecule has 0 bridgehead atoms. The number of piperidine rings is 1. The smallest absolute Gasteiger partial charge is 0.434 e. The van der Waals surface area contributed by atoms with Crippen LogP contribution in [0.25, 0.3) is 10.6 Å². The van der Waals surface area contributed by atoms with Crippen molar-refractivity contribution < 1.29 is 23.1 Å². The molecule has 1 fully saturated rings. The lowest BCUT2D eigenvalue weighted by Gasteiger charge is -2.19. The molecule has 2 aromatic rings. The molecule has 0 saturated carbocycles. The van der Waals surface area contributed by atoms with Crippen molar-refractivity contribution in [2.24, 2.45) is 5.92 Å². The maximum atomic E-state index is 12.5. The van der Waals surface area contributed by atoms with E-state index in [0.29, 0.717) is 5.56 Å². The zero-order valence-corrected chi connectivity index (χ0v) is 15.8. The molecule has 27 heavy (non-hydrogen) atoms. The summed E-state index contributed by atoms with van der Waals surface area (Å²) < 4.78 is 37.4. The highest BCUT2D eigenvalue weighted by molar-refractivity contribution is 7.13. The van der Waals surface area contributed by atoms with Gasteiger partial charge in [0.25, 0.3) is 0 Å². The average molecular weight is 422 g/mol. The fraction of sp³-hybridized carbons (Fsp3) is 0.412. The van der Waals surface area contributed by atoms with Crippen LogP contribution in [0.3, 0.4) is 0 Å². The summed E-state index contributed by atoms with van der Waals surface area (Å²) in [6, 6.07) is 6.13. The first-order valence-electron chi connectivity index (χ1n) is 8.20. The van der Waals surface area contributed by atoms with Crippen molar-refractivity contribution in [1.82, 2.24) is 10.3 Å². The van der Waals surface area contributed by atoms with Crippen LogP contribution in [-0.2, 0) is 6.18 Å². The van der Waals surface area contributed by atoms with E-state index in [-0.39, 0.29) is 10.7 Å². The molecule has 0 unspecified atom stereocenters. The van der Waals surface area contributed by atoms with Crippen molar-refractivity contribution in [3.63, 3.8) is 0 Å². The van der Waals surface area contributed by atoms with Crippen LogP contribution in [-0.4, -0.2) is 35.2 Å². The summed E-state index contributed by atoms with van der Waals surface area (Å²) in [5.41, 5.74) is -0.485. The number of thiazole rings is 1. The topological polar surface area (TPSA) is 74.2 Å². The number of alkyl halides is 4. The Labute approximate surface area is 163 Å². The number of carboxylic acid groups (broad SMARTS) is 1. The van der Waals surface area contributed by atoms with E-state index >= 15 is 0 Å². The van der Waals surface area contributed by atoms with Crippen molar-refractivity contribution in [1.29, 1.82) is 0 Å². The van der Waals surface area contributed by atoms with Gasteiger partial charge in [-0.15, -0.1) is 22.9 Å². The Morgan fingerprint density at radius 1 is 1.33 bits per heavy atom. The minimum atomic E-state index is -4.51. The van der Waals surface area contributed by atoms with E-state index < -0.39 is 18.0 Å². The molecule has 2 heterocycles. The summed E-state index contributed by atoms with van der Waals surface area (Å²) in [4.78, 5) is 14.1. The van der Waals surface area contributed by atoms with Crippen LogP contribution in [0.5, 0.6) is 0 Å². The average Bonchev–Trinajstić information content (AvgIpc) is 3.13. The van der Waals surface area contributed by atoms with Gasteiger partial charge in [0.2, 0.25) is 0 Å². The number of carbonyl (C=O) groups is 1. The lowest BCUT2D eigenvalue weighted by Crippen LogP contribution is -2.28. The molecule has 3 rings (SSSR count). The van der Waals surface area contributed by atoms with Gasteiger partial charge < -0.3 is 10.4 Å². The second-order valence-corrected chi connectivity index (χ2v) is 7.03. The Bertz CT molecular complexity index is 749. The highest BCUT2D eigenvalue weighted by atomic mass is 35.5. The zero-order valence-electron chi connectivity index (χ0n) is 14.2. The molecule has 1 aliphatic heterocycles. The van der Waals surface area contributed by atoms with Crippen LogP contribution in [0.15, 0.2) is 29.6 Å². The number of hydrogen-bond donors (Lipinski definition) is 3. The molecule has 10 heteroatoms. The molecule has 1 saturated heterocycles. The largest absolute Gasteiger partial charge is 0.465 e. The molecule has 1 amide bonds. The van der Waals surface area contributed by atoms with Gasteiger partial charge in [-0.2, -0.15) is 13.2 Å². The van der Waals surface area contributed by atoms with E-state index in [1.807, 2.05) is 0 Å². The highest BCUT2D eigenvalue weighted by Crippen LogP contribution is 2.35. The van der Waals surface area contributed by atoms with Crippen molar-refractivity contribution >= 4 is 34.7 Å². The summed E-state index contributed by atoms with van der Waals surface area (Å²) in [6.07, 6.45) is -3.27. The number of anilines is 1. The summed E-state index contributed by atoms with van der Waals surface area (Å²) in [5, 5.41) is 15.1. The van der Waals surface area contributed by atoms with Crippen LogP contribution in [0.2, 0.25) is 0 Å². The zero-order chi connectivity index (χ0) is 19.9. The number of rotatable bonds is 3. The Morgan fingerprint density at radius 3 is 2.52 bits per heavy atom. The molecular formula is C17H19ClF3N3O2S. The summed E-state index contributed by atoms with van der Waals surface area (Å²) in [6.45, 7) is 2.33. The maximum Gasteiger partial charge on any atom is 0.434 e. The van der Waals surface area contributed by atoms with Gasteiger partial charge in [0.05, 0.1) is 5.69 Å². The molecule has 0 atom stereocenters. The molecule has 1 aromatic heterocycles. The molecule has 148 valence electrons. The fourth-order valence-electron chi connectivity index (χ4n) is 2.46. The van der Waals surface area contributed by atoms with Gasteiger partial charge in [-0.05, 0) is 44.0 Å². The van der Waals surface area contributed by atoms with Crippen LogP contribution in [0, 0.1) is 5.92 Å². The molecule has 0 spiro atoms. The first kappa shape index (κ1) is 21.5. The van der Waals surface area contributed by atoms with Crippen molar-refractivity contribution in [2.45, 2.75) is 19.0 Å². The predicted molar refractivity (Wildman–Crippen MR) is 101 cm³/mol. The van der Waals surface area contributed by atoms with Gasteiger partial charge in [-0.1, -0.05) is 12.1 Å². The highest BCUT2D eigenvalue weighted by Gasteiger charge is 2.34. The minimum absolute atomic E-state index is 0.108.